The molecule has 17 heavy (non-hydrogen) atoms. The summed E-state index contributed by atoms with van der Waals surface area (Å²) >= 11 is 6.16. The Morgan fingerprint density at radius 2 is 2.06 bits per heavy atom. The van der Waals surface area contributed by atoms with Crippen LogP contribution in [0.3, 0.4) is 0 Å². The molecule has 0 radical (unpaired) electrons. The first-order valence-corrected chi connectivity index (χ1v) is 6.05. The summed E-state index contributed by atoms with van der Waals surface area (Å²) in [6.07, 6.45) is 1.36. The van der Waals surface area contributed by atoms with Crippen molar-refractivity contribution in [2.45, 2.75) is 26.7 Å². The van der Waals surface area contributed by atoms with Gasteiger partial charge in [-0.1, -0.05) is 17.7 Å². The Morgan fingerprint density at radius 1 is 1.35 bits per heavy atom. The number of fused-ring (bicyclic) bond motifs is 1. The summed E-state index contributed by atoms with van der Waals surface area (Å²) in [6.45, 7) is 4.14. The molecule has 0 fully saturated rings. The van der Waals surface area contributed by atoms with Crippen LogP contribution in [0.5, 0.6) is 0 Å². The molecule has 0 saturated heterocycles. The third kappa shape index (κ3) is 1.81. The van der Waals surface area contributed by atoms with E-state index in [1.54, 1.807) is 0 Å². The van der Waals surface area contributed by atoms with Gasteiger partial charge in [-0.05, 0) is 37.5 Å². The van der Waals surface area contributed by atoms with E-state index in [4.69, 9.17) is 16.9 Å². The van der Waals surface area contributed by atoms with E-state index >= 15 is 0 Å². The van der Waals surface area contributed by atoms with Crippen molar-refractivity contribution >= 4 is 22.5 Å². The van der Waals surface area contributed by atoms with Gasteiger partial charge in [0.2, 0.25) is 0 Å². The molecule has 88 valence electrons. The highest BCUT2D eigenvalue weighted by molar-refractivity contribution is 6.32. The van der Waals surface area contributed by atoms with Gasteiger partial charge in [0, 0.05) is 29.6 Å². The van der Waals surface area contributed by atoms with Gasteiger partial charge in [-0.3, -0.25) is 0 Å². The molecule has 0 unspecified atom stereocenters. The minimum absolute atomic E-state index is 0.557. The molecule has 2 rings (SSSR count). The predicted molar refractivity (Wildman–Crippen MR) is 71.3 cm³/mol. The molecule has 0 amide bonds. The van der Waals surface area contributed by atoms with Crippen LogP contribution in [0.4, 0.5) is 0 Å². The van der Waals surface area contributed by atoms with Gasteiger partial charge in [0.05, 0.1) is 11.6 Å². The first-order valence-electron chi connectivity index (χ1n) is 5.67. The van der Waals surface area contributed by atoms with Crippen LogP contribution in [-0.2, 0) is 13.5 Å². The van der Waals surface area contributed by atoms with Crippen LogP contribution in [0.2, 0.25) is 5.02 Å². The molecular weight excluding hydrogens is 232 g/mol. The third-order valence-corrected chi connectivity index (χ3v) is 3.86. The van der Waals surface area contributed by atoms with Crippen molar-refractivity contribution in [3.8, 4) is 6.07 Å². The zero-order chi connectivity index (χ0) is 12.6. The number of nitrogens with zero attached hydrogens (tertiary/aromatic N) is 2. The lowest BCUT2D eigenvalue weighted by molar-refractivity contribution is 0.886. The van der Waals surface area contributed by atoms with E-state index in [1.165, 1.54) is 22.2 Å². The predicted octanol–water partition coefficient (Wildman–Crippen LogP) is 3.90. The maximum Gasteiger partial charge on any atom is 0.0625 e. The summed E-state index contributed by atoms with van der Waals surface area (Å²) in [5.74, 6) is 0. The van der Waals surface area contributed by atoms with Crippen LogP contribution in [0.1, 0.15) is 23.2 Å². The molecule has 0 aliphatic carbocycles. The summed E-state index contributed by atoms with van der Waals surface area (Å²) in [4.78, 5) is 0. The molecular formula is C14H15ClN2. The van der Waals surface area contributed by atoms with E-state index in [0.29, 0.717) is 6.42 Å². The fraction of sp³-hybridized carbons (Fsp3) is 0.357. The monoisotopic (exact) mass is 246 g/mol. The normalized spacial score (nSPS) is 10.8. The SMILES string of the molecule is Cc1c(Cl)ccc2c(CCC#N)c(C)n(C)c12. The number of hydrogen-bond acceptors (Lipinski definition) is 1. The Labute approximate surface area is 106 Å². The Hall–Kier alpha value is -1.46. The Morgan fingerprint density at radius 3 is 2.71 bits per heavy atom. The molecule has 0 N–H and O–H groups in total. The van der Waals surface area contributed by atoms with E-state index in [2.05, 4.69) is 30.7 Å². The number of benzene rings is 1. The summed E-state index contributed by atoms with van der Waals surface area (Å²) in [6, 6.07) is 6.21. The smallest absolute Gasteiger partial charge is 0.0625 e. The highest BCUT2D eigenvalue weighted by Crippen LogP contribution is 2.31. The van der Waals surface area contributed by atoms with Crippen LogP contribution in [0, 0.1) is 25.2 Å². The largest absolute Gasteiger partial charge is 0.347 e. The topological polar surface area (TPSA) is 28.7 Å². The fourth-order valence-electron chi connectivity index (χ4n) is 2.41. The average Bonchev–Trinajstić information content (AvgIpc) is 2.55. The van der Waals surface area contributed by atoms with E-state index in [0.717, 1.165) is 17.0 Å². The molecule has 2 nitrogen and oxygen atoms in total. The Kier molecular flexibility index (Phi) is 3.13. The maximum absolute atomic E-state index is 8.72. The van der Waals surface area contributed by atoms with Crippen LogP contribution in [-0.4, -0.2) is 4.57 Å². The van der Waals surface area contributed by atoms with Crippen LogP contribution < -0.4 is 0 Å². The molecule has 1 aromatic carbocycles. The second kappa shape index (κ2) is 4.43. The second-order valence-electron chi connectivity index (χ2n) is 4.35. The summed E-state index contributed by atoms with van der Waals surface area (Å²) in [5.41, 5.74) is 4.78. The quantitative estimate of drug-likeness (QED) is 0.790. The standard InChI is InChI=1S/C14H15ClN2/c1-9-13(15)7-6-12-11(5-4-8-16)10(2)17(3)14(9)12/h6-7H,4-5H2,1-3H3. The molecule has 0 saturated carbocycles. The number of aromatic nitrogens is 1. The van der Waals surface area contributed by atoms with E-state index in [-0.39, 0.29) is 0 Å². The number of nitriles is 1. The first kappa shape index (κ1) is 12.0. The van der Waals surface area contributed by atoms with Crippen LogP contribution in [0.15, 0.2) is 12.1 Å². The molecule has 0 atom stereocenters. The number of aryl methyl sites for hydroxylation is 3. The zero-order valence-corrected chi connectivity index (χ0v) is 11.1. The van der Waals surface area contributed by atoms with Crippen molar-refractivity contribution < 1.29 is 0 Å². The lowest BCUT2D eigenvalue weighted by atomic mass is 10.0. The molecule has 0 aliphatic rings. The van der Waals surface area contributed by atoms with Gasteiger partial charge < -0.3 is 4.57 Å². The van der Waals surface area contributed by atoms with Crippen LogP contribution >= 0.6 is 11.6 Å². The van der Waals surface area contributed by atoms with Crippen molar-refractivity contribution in [3.63, 3.8) is 0 Å². The summed E-state index contributed by atoms with van der Waals surface area (Å²) in [5, 5.41) is 10.7. The molecule has 1 aromatic heterocycles. The Balaban J connectivity index is 2.74. The average molecular weight is 247 g/mol. The number of halogens is 1. The highest BCUT2D eigenvalue weighted by Gasteiger charge is 2.14. The number of rotatable bonds is 2. The van der Waals surface area contributed by atoms with Crippen molar-refractivity contribution in [1.29, 1.82) is 5.26 Å². The van der Waals surface area contributed by atoms with Gasteiger partial charge in [-0.25, -0.2) is 0 Å². The molecule has 0 bridgehead atoms. The molecule has 2 aromatic rings. The van der Waals surface area contributed by atoms with Crippen molar-refractivity contribution in [1.82, 2.24) is 4.57 Å². The van der Waals surface area contributed by atoms with Crippen molar-refractivity contribution in [3.05, 3.63) is 34.0 Å². The molecule has 1 heterocycles. The first-order chi connectivity index (χ1) is 8.07. The zero-order valence-electron chi connectivity index (χ0n) is 10.3. The third-order valence-electron chi connectivity index (χ3n) is 3.45. The minimum atomic E-state index is 0.557. The van der Waals surface area contributed by atoms with E-state index in [9.17, 15) is 0 Å². The number of hydrogen-bond donors (Lipinski definition) is 0. The van der Waals surface area contributed by atoms with Crippen molar-refractivity contribution in [2.75, 3.05) is 0 Å². The fourth-order valence-corrected chi connectivity index (χ4v) is 2.57. The molecule has 0 aliphatic heterocycles. The van der Waals surface area contributed by atoms with E-state index < -0.39 is 0 Å². The van der Waals surface area contributed by atoms with Crippen LogP contribution in [0.25, 0.3) is 10.9 Å². The maximum atomic E-state index is 8.72. The van der Waals surface area contributed by atoms with Gasteiger partial charge >= 0.3 is 0 Å². The lowest BCUT2D eigenvalue weighted by Gasteiger charge is -2.03. The Bertz CT molecular complexity index is 617. The van der Waals surface area contributed by atoms with E-state index in [1.807, 2.05) is 13.0 Å². The van der Waals surface area contributed by atoms with Gasteiger partial charge in [0.1, 0.15) is 0 Å². The second-order valence-corrected chi connectivity index (χ2v) is 4.76. The van der Waals surface area contributed by atoms with Gasteiger partial charge in [0.15, 0.2) is 0 Å². The molecule has 0 spiro atoms. The van der Waals surface area contributed by atoms with Crippen molar-refractivity contribution in [2.24, 2.45) is 7.05 Å². The van der Waals surface area contributed by atoms with Gasteiger partial charge in [-0.2, -0.15) is 5.26 Å². The summed E-state index contributed by atoms with van der Waals surface area (Å²) in [7, 11) is 2.05. The minimum Gasteiger partial charge on any atom is -0.347 e. The van der Waals surface area contributed by atoms with Gasteiger partial charge in [-0.15, -0.1) is 0 Å². The summed E-state index contributed by atoms with van der Waals surface area (Å²) < 4.78 is 2.17. The van der Waals surface area contributed by atoms with Gasteiger partial charge in [0.25, 0.3) is 0 Å². The highest BCUT2D eigenvalue weighted by atomic mass is 35.5. The lowest BCUT2D eigenvalue weighted by Crippen LogP contribution is -1.93. The molecule has 3 heteroatoms.